The summed E-state index contributed by atoms with van der Waals surface area (Å²) >= 11 is 5.11. The van der Waals surface area contributed by atoms with Crippen molar-refractivity contribution in [2.75, 3.05) is 7.11 Å². The minimum Gasteiger partial charge on any atom is -0.465 e. The summed E-state index contributed by atoms with van der Waals surface area (Å²) < 4.78 is 33.1. The van der Waals surface area contributed by atoms with E-state index in [9.17, 15) is 13.6 Å². The molecule has 7 nitrogen and oxygen atoms in total. The molecule has 0 bridgehead atoms. The summed E-state index contributed by atoms with van der Waals surface area (Å²) in [7, 11) is 1.21. The van der Waals surface area contributed by atoms with Gasteiger partial charge in [0, 0.05) is 11.6 Å². The number of ether oxygens (including phenoxy) is 1. The number of hydrogen-bond acceptors (Lipinski definition) is 5. The molecule has 2 aromatic rings. The zero-order chi connectivity index (χ0) is 20.2. The minimum absolute atomic E-state index is 0.0524. The largest absolute Gasteiger partial charge is 0.465 e. The number of nitrogens with one attached hydrogen (secondary N) is 2. The first-order valence-corrected chi connectivity index (χ1v) is 8.26. The van der Waals surface area contributed by atoms with Crippen LogP contribution in [0.5, 0.6) is 0 Å². The summed E-state index contributed by atoms with van der Waals surface area (Å²) in [6, 6.07) is 3.01. The molecule has 0 saturated heterocycles. The second-order valence-corrected chi connectivity index (χ2v) is 6.92. The maximum absolute atomic E-state index is 14.1. The van der Waals surface area contributed by atoms with E-state index in [1.165, 1.54) is 25.6 Å². The first-order chi connectivity index (χ1) is 12.6. The number of aromatic nitrogens is 2. The molecular formula is C17H19F2N5O2S. The summed E-state index contributed by atoms with van der Waals surface area (Å²) in [6.45, 7) is 5.77. The number of methoxy groups -OCH3 is 1. The summed E-state index contributed by atoms with van der Waals surface area (Å²) in [5, 5.41) is 11.2. The van der Waals surface area contributed by atoms with Crippen molar-refractivity contribution in [2.24, 2.45) is 5.10 Å². The minimum atomic E-state index is -0.845. The Labute approximate surface area is 160 Å². The highest BCUT2D eigenvalue weighted by atomic mass is 32.1. The van der Waals surface area contributed by atoms with Crippen molar-refractivity contribution in [3.63, 3.8) is 0 Å². The zero-order valence-corrected chi connectivity index (χ0v) is 16.0. The van der Waals surface area contributed by atoms with Crippen LogP contribution in [-0.2, 0) is 4.74 Å². The van der Waals surface area contributed by atoms with Gasteiger partial charge in [0.25, 0.3) is 0 Å². The molecule has 0 fully saturated rings. The highest BCUT2D eigenvalue weighted by Crippen LogP contribution is 2.18. The third-order valence-corrected chi connectivity index (χ3v) is 3.38. The van der Waals surface area contributed by atoms with E-state index in [2.05, 4.69) is 20.9 Å². The van der Waals surface area contributed by atoms with Gasteiger partial charge < -0.3 is 10.1 Å². The van der Waals surface area contributed by atoms with Crippen molar-refractivity contribution in [3.05, 3.63) is 47.3 Å². The normalized spacial score (nSPS) is 11.5. The highest BCUT2D eigenvalue weighted by molar-refractivity contribution is 7.80. The second kappa shape index (κ2) is 8.21. The average molecular weight is 395 g/mol. The molecule has 1 aromatic heterocycles. The molecule has 0 unspecified atom stereocenters. The van der Waals surface area contributed by atoms with Crippen molar-refractivity contribution >= 4 is 29.5 Å². The van der Waals surface area contributed by atoms with Crippen LogP contribution in [0.2, 0.25) is 0 Å². The maximum atomic E-state index is 14.1. The molecule has 2 rings (SSSR count). The van der Waals surface area contributed by atoms with E-state index in [0.717, 1.165) is 16.8 Å². The lowest BCUT2D eigenvalue weighted by Gasteiger charge is -2.21. The van der Waals surface area contributed by atoms with Crippen molar-refractivity contribution in [2.45, 2.75) is 26.3 Å². The number of benzene rings is 1. The molecule has 144 valence electrons. The molecule has 0 radical (unpaired) electrons. The number of carbonyl (C=O) groups is 1. The third kappa shape index (κ3) is 5.30. The molecule has 27 heavy (non-hydrogen) atoms. The number of rotatable bonds is 4. The Balaban J connectivity index is 2.37. The van der Waals surface area contributed by atoms with Gasteiger partial charge in [-0.05, 0) is 45.1 Å². The van der Waals surface area contributed by atoms with E-state index in [1.54, 1.807) is 0 Å². The van der Waals surface area contributed by atoms with Crippen molar-refractivity contribution in [1.82, 2.24) is 20.5 Å². The SMILES string of the molecule is COC(=O)c1cnn(-c2ccc(F)cc2F)c1/C=N\NC(=S)NC(C)(C)C. The first-order valence-electron chi connectivity index (χ1n) is 7.85. The number of hydrazone groups is 1. The van der Waals surface area contributed by atoms with Crippen molar-refractivity contribution < 1.29 is 18.3 Å². The van der Waals surface area contributed by atoms with Crippen molar-refractivity contribution in [3.8, 4) is 5.69 Å². The molecule has 0 atom stereocenters. The first kappa shape index (κ1) is 20.4. The van der Waals surface area contributed by atoms with Gasteiger partial charge in [-0.1, -0.05) is 0 Å². The fourth-order valence-corrected chi connectivity index (χ4v) is 2.47. The summed E-state index contributed by atoms with van der Waals surface area (Å²) in [6.07, 6.45) is 2.46. The van der Waals surface area contributed by atoms with E-state index in [4.69, 9.17) is 17.0 Å². The van der Waals surface area contributed by atoms with Crippen LogP contribution in [0.1, 0.15) is 36.8 Å². The zero-order valence-electron chi connectivity index (χ0n) is 15.2. The molecule has 0 aliphatic rings. The van der Waals surface area contributed by atoms with Crippen LogP contribution in [0.25, 0.3) is 5.69 Å². The monoisotopic (exact) mass is 395 g/mol. The molecule has 1 aromatic carbocycles. The summed E-state index contributed by atoms with van der Waals surface area (Å²) in [5.41, 5.74) is 2.48. The number of hydrogen-bond donors (Lipinski definition) is 2. The van der Waals surface area contributed by atoms with Gasteiger partial charge in [0.1, 0.15) is 22.8 Å². The lowest BCUT2D eigenvalue weighted by Crippen LogP contribution is -2.44. The molecule has 0 aliphatic heterocycles. The van der Waals surface area contributed by atoms with Crippen LogP contribution in [-0.4, -0.2) is 39.7 Å². The van der Waals surface area contributed by atoms with Gasteiger partial charge in [-0.25, -0.2) is 18.3 Å². The van der Waals surface area contributed by atoms with E-state index in [-0.39, 0.29) is 27.6 Å². The summed E-state index contributed by atoms with van der Waals surface area (Å²) in [4.78, 5) is 12.0. The van der Waals surface area contributed by atoms with E-state index in [1.807, 2.05) is 20.8 Å². The average Bonchev–Trinajstić information content (AvgIpc) is 2.96. The second-order valence-electron chi connectivity index (χ2n) is 6.52. The topological polar surface area (TPSA) is 80.5 Å². The predicted octanol–water partition coefficient (Wildman–Crippen LogP) is 2.53. The fraction of sp³-hybridized carbons (Fsp3) is 0.294. The lowest BCUT2D eigenvalue weighted by atomic mass is 10.1. The van der Waals surface area contributed by atoms with Crippen LogP contribution < -0.4 is 10.7 Å². The van der Waals surface area contributed by atoms with Gasteiger partial charge in [0.15, 0.2) is 10.9 Å². The van der Waals surface area contributed by atoms with E-state index < -0.39 is 17.6 Å². The summed E-state index contributed by atoms with van der Waals surface area (Å²) in [5.74, 6) is -2.25. The number of nitrogens with zero attached hydrogens (tertiary/aromatic N) is 3. The van der Waals surface area contributed by atoms with Crippen molar-refractivity contribution in [1.29, 1.82) is 0 Å². The smallest absolute Gasteiger partial charge is 0.341 e. The number of halogens is 2. The van der Waals surface area contributed by atoms with E-state index in [0.29, 0.717) is 0 Å². The Morgan fingerprint density at radius 1 is 1.37 bits per heavy atom. The van der Waals surface area contributed by atoms with Gasteiger partial charge in [0.05, 0.1) is 19.5 Å². The van der Waals surface area contributed by atoms with Crippen LogP contribution in [0.15, 0.2) is 29.5 Å². The fourth-order valence-electron chi connectivity index (χ4n) is 2.11. The van der Waals surface area contributed by atoms with Crippen LogP contribution >= 0.6 is 12.2 Å². The molecule has 10 heteroatoms. The molecular weight excluding hydrogens is 376 g/mol. The van der Waals surface area contributed by atoms with Crippen LogP contribution in [0.4, 0.5) is 8.78 Å². The maximum Gasteiger partial charge on any atom is 0.341 e. The van der Waals surface area contributed by atoms with Gasteiger partial charge in [-0.3, -0.25) is 5.43 Å². The molecule has 0 amide bonds. The quantitative estimate of drug-likeness (QED) is 0.358. The predicted molar refractivity (Wildman–Crippen MR) is 101 cm³/mol. The van der Waals surface area contributed by atoms with Crippen LogP contribution in [0, 0.1) is 11.6 Å². The molecule has 2 N–H and O–H groups in total. The molecule has 1 heterocycles. The Hall–Kier alpha value is -2.88. The number of carbonyl (C=O) groups excluding carboxylic acids is 1. The Morgan fingerprint density at radius 2 is 2.07 bits per heavy atom. The van der Waals surface area contributed by atoms with Crippen LogP contribution in [0.3, 0.4) is 0 Å². The van der Waals surface area contributed by atoms with Gasteiger partial charge in [0.2, 0.25) is 0 Å². The Bertz CT molecular complexity index is 890. The molecule has 0 spiro atoms. The molecule has 0 saturated carbocycles. The standard InChI is InChI=1S/C17H19F2N5O2S/c1-17(2,3)22-16(27)23-20-9-14-11(15(25)26-4)8-21-24(14)13-6-5-10(18)7-12(13)19/h5-9H,1-4H3,(H2,22,23,27)/b20-9-. The van der Waals surface area contributed by atoms with Gasteiger partial charge in [-0.2, -0.15) is 10.2 Å². The Morgan fingerprint density at radius 3 is 2.67 bits per heavy atom. The number of thiocarbonyl (C=S) groups is 1. The number of esters is 1. The van der Waals surface area contributed by atoms with Gasteiger partial charge >= 0.3 is 5.97 Å². The van der Waals surface area contributed by atoms with Gasteiger partial charge in [-0.15, -0.1) is 0 Å². The highest BCUT2D eigenvalue weighted by Gasteiger charge is 2.20. The molecule has 0 aliphatic carbocycles. The lowest BCUT2D eigenvalue weighted by molar-refractivity contribution is 0.0600. The van der Waals surface area contributed by atoms with E-state index >= 15 is 0 Å². The Kier molecular flexibility index (Phi) is 6.21. The third-order valence-electron chi connectivity index (χ3n) is 3.19.